The zero-order chi connectivity index (χ0) is 20.7. The lowest BCUT2D eigenvalue weighted by Crippen LogP contribution is -2.58. The zero-order valence-electron chi connectivity index (χ0n) is 18.0. The van der Waals surface area contributed by atoms with Gasteiger partial charge in [0.15, 0.2) is 5.96 Å². The molecule has 0 aromatic heterocycles. The van der Waals surface area contributed by atoms with Gasteiger partial charge in [0.2, 0.25) is 0 Å². The average molecular weight is 402 g/mol. The van der Waals surface area contributed by atoms with Gasteiger partial charge in [0, 0.05) is 58.5 Å². The van der Waals surface area contributed by atoms with Crippen LogP contribution in [0.3, 0.4) is 0 Å². The largest absolute Gasteiger partial charge is 0.381 e. The van der Waals surface area contributed by atoms with Crippen LogP contribution in [0.5, 0.6) is 0 Å². The summed E-state index contributed by atoms with van der Waals surface area (Å²) in [5.41, 5.74) is 1.98. The van der Waals surface area contributed by atoms with Gasteiger partial charge in [-0.2, -0.15) is 0 Å². The van der Waals surface area contributed by atoms with Crippen molar-refractivity contribution in [2.45, 2.75) is 37.8 Å². The average Bonchev–Trinajstić information content (AvgIpc) is 3.30. The molecule has 3 rings (SSSR count). The van der Waals surface area contributed by atoms with Crippen molar-refractivity contribution in [2.24, 2.45) is 4.99 Å². The molecule has 1 amide bonds. The van der Waals surface area contributed by atoms with Gasteiger partial charge in [0.1, 0.15) is 0 Å². The molecule has 2 N–H and O–H groups in total. The Morgan fingerprint density at radius 1 is 1.14 bits per heavy atom. The first-order valence-electron chi connectivity index (χ1n) is 10.6. The quantitative estimate of drug-likeness (QED) is 0.561. The first kappa shape index (κ1) is 21.6. The molecule has 0 radical (unpaired) electrons. The molecule has 2 saturated heterocycles. The van der Waals surface area contributed by atoms with Gasteiger partial charge in [-0.25, -0.2) is 0 Å². The number of amides is 1. The highest BCUT2D eigenvalue weighted by atomic mass is 16.5. The minimum absolute atomic E-state index is 0.0191. The predicted octanol–water partition coefficient (Wildman–Crippen LogP) is 1.70. The number of hydrogen-bond donors (Lipinski definition) is 2. The standard InChI is InChI=1S/C22H35N5O2/c1-23-21(24-16-18-6-8-19(9-7-18)20(28)26(2)3)25-17-22(10-14-29-15-11-22)27-12-4-5-13-27/h6-9H,4-5,10-17H2,1-3H3,(H2,23,24,25). The third-order valence-corrected chi connectivity index (χ3v) is 6.08. The third-order valence-electron chi connectivity index (χ3n) is 6.08. The molecule has 7 heteroatoms. The van der Waals surface area contributed by atoms with E-state index in [1.54, 1.807) is 26.0 Å². The Kier molecular flexibility index (Phi) is 7.50. The van der Waals surface area contributed by atoms with Crippen LogP contribution in [0.2, 0.25) is 0 Å². The van der Waals surface area contributed by atoms with Crippen LogP contribution in [0, 0.1) is 0 Å². The number of ether oxygens (including phenoxy) is 1. The maximum absolute atomic E-state index is 12.0. The summed E-state index contributed by atoms with van der Waals surface area (Å²) in [5.74, 6) is 0.828. The number of likely N-dealkylation sites (tertiary alicyclic amines) is 1. The molecule has 0 atom stereocenters. The Morgan fingerprint density at radius 3 is 2.38 bits per heavy atom. The lowest BCUT2D eigenvalue weighted by Gasteiger charge is -2.45. The fourth-order valence-corrected chi connectivity index (χ4v) is 4.23. The second-order valence-corrected chi connectivity index (χ2v) is 8.21. The van der Waals surface area contributed by atoms with Crippen LogP contribution < -0.4 is 10.6 Å². The Hall–Kier alpha value is -2.12. The fourth-order valence-electron chi connectivity index (χ4n) is 4.23. The maximum Gasteiger partial charge on any atom is 0.253 e. The van der Waals surface area contributed by atoms with Crippen molar-refractivity contribution in [3.63, 3.8) is 0 Å². The van der Waals surface area contributed by atoms with E-state index in [-0.39, 0.29) is 11.4 Å². The molecule has 2 fully saturated rings. The van der Waals surface area contributed by atoms with Crippen molar-refractivity contribution in [3.05, 3.63) is 35.4 Å². The Labute approximate surface area is 174 Å². The van der Waals surface area contributed by atoms with Gasteiger partial charge >= 0.3 is 0 Å². The van der Waals surface area contributed by atoms with Crippen molar-refractivity contribution in [1.29, 1.82) is 0 Å². The smallest absolute Gasteiger partial charge is 0.253 e. The van der Waals surface area contributed by atoms with Crippen molar-refractivity contribution < 1.29 is 9.53 Å². The minimum atomic E-state index is 0.0191. The fraction of sp³-hybridized carbons (Fsp3) is 0.636. The topological polar surface area (TPSA) is 69.2 Å². The molecule has 2 aliphatic heterocycles. The van der Waals surface area contributed by atoms with Crippen LogP contribution in [0.25, 0.3) is 0 Å². The van der Waals surface area contributed by atoms with Crippen molar-refractivity contribution in [1.82, 2.24) is 20.4 Å². The maximum atomic E-state index is 12.0. The van der Waals surface area contributed by atoms with Crippen molar-refractivity contribution in [3.8, 4) is 0 Å². The van der Waals surface area contributed by atoms with E-state index in [0.29, 0.717) is 12.1 Å². The molecule has 2 heterocycles. The molecule has 7 nitrogen and oxygen atoms in total. The summed E-state index contributed by atoms with van der Waals surface area (Å²) in [6, 6.07) is 7.72. The Morgan fingerprint density at radius 2 is 1.79 bits per heavy atom. The van der Waals surface area contributed by atoms with Crippen LogP contribution in [0.4, 0.5) is 0 Å². The summed E-state index contributed by atoms with van der Waals surface area (Å²) in [4.78, 5) is 20.6. The lowest BCUT2D eigenvalue weighted by molar-refractivity contribution is -0.0164. The summed E-state index contributed by atoms with van der Waals surface area (Å²) in [6.07, 6.45) is 4.72. The van der Waals surface area contributed by atoms with Gasteiger partial charge in [-0.3, -0.25) is 14.7 Å². The molecule has 0 unspecified atom stereocenters. The molecule has 2 aliphatic rings. The molecular weight excluding hydrogens is 366 g/mol. The van der Waals surface area contributed by atoms with Crippen molar-refractivity contribution in [2.75, 3.05) is 54.0 Å². The molecule has 160 valence electrons. The highest BCUT2D eigenvalue weighted by Crippen LogP contribution is 2.30. The lowest BCUT2D eigenvalue weighted by atomic mass is 9.88. The van der Waals surface area contributed by atoms with E-state index < -0.39 is 0 Å². The Balaban J connectivity index is 1.54. The minimum Gasteiger partial charge on any atom is -0.381 e. The number of carbonyl (C=O) groups excluding carboxylic acids is 1. The number of nitrogens with zero attached hydrogens (tertiary/aromatic N) is 3. The number of benzene rings is 1. The summed E-state index contributed by atoms with van der Waals surface area (Å²) in [6.45, 7) is 5.59. The van der Waals surface area contributed by atoms with E-state index in [2.05, 4.69) is 20.5 Å². The van der Waals surface area contributed by atoms with E-state index in [1.165, 1.54) is 25.9 Å². The molecule has 1 aromatic carbocycles. The van der Waals surface area contributed by atoms with Gasteiger partial charge in [0.05, 0.1) is 0 Å². The van der Waals surface area contributed by atoms with E-state index >= 15 is 0 Å². The predicted molar refractivity (Wildman–Crippen MR) is 116 cm³/mol. The first-order valence-corrected chi connectivity index (χ1v) is 10.6. The number of hydrogen-bond acceptors (Lipinski definition) is 4. The SMILES string of the molecule is CN=C(NCc1ccc(C(=O)N(C)C)cc1)NCC1(N2CCCC2)CCOCC1. The van der Waals surface area contributed by atoms with Gasteiger partial charge in [-0.1, -0.05) is 12.1 Å². The Bertz CT molecular complexity index is 690. The van der Waals surface area contributed by atoms with E-state index in [0.717, 1.165) is 44.1 Å². The van der Waals surface area contributed by atoms with E-state index in [4.69, 9.17) is 4.74 Å². The summed E-state index contributed by atoms with van der Waals surface area (Å²) < 4.78 is 5.64. The van der Waals surface area contributed by atoms with Crippen LogP contribution in [-0.2, 0) is 11.3 Å². The molecule has 0 saturated carbocycles. The third kappa shape index (κ3) is 5.48. The molecule has 29 heavy (non-hydrogen) atoms. The normalized spacial score (nSPS) is 19.8. The van der Waals surface area contributed by atoms with Crippen LogP contribution in [-0.4, -0.2) is 81.2 Å². The number of rotatable bonds is 6. The van der Waals surface area contributed by atoms with Gasteiger partial charge in [-0.05, 0) is 56.5 Å². The molecule has 1 aromatic rings. The van der Waals surface area contributed by atoms with Gasteiger partial charge in [-0.15, -0.1) is 0 Å². The summed E-state index contributed by atoms with van der Waals surface area (Å²) in [7, 11) is 5.34. The van der Waals surface area contributed by atoms with E-state index in [1.807, 2.05) is 24.3 Å². The van der Waals surface area contributed by atoms with E-state index in [9.17, 15) is 4.79 Å². The molecule has 0 bridgehead atoms. The van der Waals surface area contributed by atoms with Crippen LogP contribution in [0.15, 0.2) is 29.3 Å². The number of aliphatic imine (C=N–C) groups is 1. The van der Waals surface area contributed by atoms with Crippen LogP contribution >= 0.6 is 0 Å². The highest BCUT2D eigenvalue weighted by molar-refractivity contribution is 5.93. The number of guanidine groups is 1. The first-order chi connectivity index (χ1) is 14.0. The molecule has 0 aliphatic carbocycles. The number of carbonyl (C=O) groups is 1. The van der Waals surface area contributed by atoms with Crippen molar-refractivity contribution >= 4 is 11.9 Å². The second kappa shape index (κ2) is 10.1. The highest BCUT2D eigenvalue weighted by Gasteiger charge is 2.39. The monoisotopic (exact) mass is 401 g/mol. The molecular formula is C22H35N5O2. The van der Waals surface area contributed by atoms with Gasteiger partial charge < -0.3 is 20.3 Å². The number of nitrogens with one attached hydrogen (secondary N) is 2. The summed E-state index contributed by atoms with van der Waals surface area (Å²) >= 11 is 0. The van der Waals surface area contributed by atoms with Crippen LogP contribution in [0.1, 0.15) is 41.6 Å². The zero-order valence-corrected chi connectivity index (χ0v) is 18.0. The van der Waals surface area contributed by atoms with Gasteiger partial charge in [0.25, 0.3) is 5.91 Å². The molecule has 0 spiro atoms. The summed E-state index contributed by atoms with van der Waals surface area (Å²) in [5, 5.41) is 6.95. The second-order valence-electron chi connectivity index (χ2n) is 8.21.